The molecule has 0 aliphatic rings. The molecular formula is C16H17NO. The Hall–Kier alpha value is -2.09. The topological polar surface area (TPSA) is 20.3 Å². The first kappa shape index (κ1) is 12.4. The zero-order valence-corrected chi connectivity index (χ0v) is 10.5. The second-order valence-electron chi connectivity index (χ2n) is 4.34. The maximum Gasteiger partial charge on any atom is 0.210 e. The third-order valence-electron chi connectivity index (χ3n) is 3.25. The molecule has 0 saturated carbocycles. The van der Waals surface area contributed by atoms with Crippen molar-refractivity contribution in [3.05, 3.63) is 60.7 Å². The van der Waals surface area contributed by atoms with Gasteiger partial charge in [0.15, 0.2) is 0 Å². The van der Waals surface area contributed by atoms with Crippen molar-refractivity contribution in [1.29, 1.82) is 0 Å². The fraction of sp³-hybridized carbons (Fsp3) is 0.188. The Bertz CT molecular complexity index is 557. The van der Waals surface area contributed by atoms with E-state index in [1.807, 2.05) is 25.1 Å². The minimum absolute atomic E-state index is 0.0478. The van der Waals surface area contributed by atoms with E-state index in [0.29, 0.717) is 6.54 Å². The van der Waals surface area contributed by atoms with E-state index in [0.717, 1.165) is 6.41 Å². The molecule has 1 amide bonds. The third kappa shape index (κ3) is 2.28. The van der Waals surface area contributed by atoms with E-state index >= 15 is 0 Å². The lowest BCUT2D eigenvalue weighted by Gasteiger charge is -2.25. The molecule has 0 aliphatic carbocycles. The average Bonchev–Trinajstić information content (AvgIpc) is 2.43. The van der Waals surface area contributed by atoms with Crippen molar-refractivity contribution in [2.45, 2.75) is 13.0 Å². The Kier molecular flexibility index (Phi) is 3.78. The van der Waals surface area contributed by atoms with Crippen LogP contribution in [-0.2, 0) is 4.79 Å². The van der Waals surface area contributed by atoms with Gasteiger partial charge in [0.05, 0.1) is 6.04 Å². The van der Waals surface area contributed by atoms with Crippen LogP contribution in [0.25, 0.3) is 10.8 Å². The maximum absolute atomic E-state index is 11.1. The van der Waals surface area contributed by atoms with Crippen molar-refractivity contribution in [2.75, 3.05) is 6.54 Å². The first-order chi connectivity index (χ1) is 8.77. The van der Waals surface area contributed by atoms with E-state index in [9.17, 15) is 4.79 Å². The quantitative estimate of drug-likeness (QED) is 0.577. The molecule has 92 valence electrons. The molecule has 18 heavy (non-hydrogen) atoms. The molecule has 0 spiro atoms. The molecule has 2 nitrogen and oxygen atoms in total. The number of amides is 1. The van der Waals surface area contributed by atoms with E-state index in [4.69, 9.17) is 0 Å². The van der Waals surface area contributed by atoms with Crippen molar-refractivity contribution >= 4 is 17.2 Å². The van der Waals surface area contributed by atoms with Crippen molar-refractivity contribution in [2.24, 2.45) is 0 Å². The monoisotopic (exact) mass is 239 g/mol. The summed E-state index contributed by atoms with van der Waals surface area (Å²) in [6.45, 7) is 6.29. The minimum atomic E-state index is 0.0478. The van der Waals surface area contributed by atoms with E-state index in [1.54, 1.807) is 11.0 Å². The molecular weight excluding hydrogens is 222 g/mol. The highest BCUT2D eigenvalue weighted by Gasteiger charge is 2.14. The molecule has 1 atom stereocenters. The molecule has 2 aromatic carbocycles. The Labute approximate surface area is 108 Å². The number of carbonyl (C=O) groups is 1. The number of rotatable bonds is 5. The molecule has 2 rings (SSSR count). The first-order valence-corrected chi connectivity index (χ1v) is 6.07. The fourth-order valence-electron chi connectivity index (χ4n) is 2.23. The summed E-state index contributed by atoms with van der Waals surface area (Å²) in [6.07, 6.45) is 2.63. The van der Waals surface area contributed by atoms with Gasteiger partial charge in [-0.15, -0.1) is 6.58 Å². The van der Waals surface area contributed by atoms with Crippen LogP contribution in [0.4, 0.5) is 0 Å². The number of benzene rings is 2. The summed E-state index contributed by atoms with van der Waals surface area (Å²) in [4.78, 5) is 12.9. The second kappa shape index (κ2) is 5.50. The summed E-state index contributed by atoms with van der Waals surface area (Å²) in [7, 11) is 0. The van der Waals surface area contributed by atoms with Crippen LogP contribution in [0, 0.1) is 0 Å². The van der Waals surface area contributed by atoms with Gasteiger partial charge in [-0.1, -0.05) is 48.5 Å². The molecule has 0 N–H and O–H groups in total. The van der Waals surface area contributed by atoms with Crippen LogP contribution < -0.4 is 0 Å². The predicted octanol–water partition coefficient (Wildman–Crippen LogP) is 3.55. The van der Waals surface area contributed by atoms with Crippen LogP contribution in [-0.4, -0.2) is 17.9 Å². The first-order valence-electron chi connectivity index (χ1n) is 6.07. The zero-order chi connectivity index (χ0) is 13.0. The largest absolute Gasteiger partial charge is 0.335 e. The van der Waals surface area contributed by atoms with Crippen LogP contribution in [0.3, 0.4) is 0 Å². The Balaban J connectivity index is 2.46. The number of fused-ring (bicyclic) bond motifs is 1. The highest BCUT2D eigenvalue weighted by atomic mass is 16.1. The number of carbonyl (C=O) groups excluding carboxylic acids is 1. The van der Waals surface area contributed by atoms with Crippen LogP contribution in [0.2, 0.25) is 0 Å². The maximum atomic E-state index is 11.1. The molecule has 2 heteroatoms. The van der Waals surface area contributed by atoms with Crippen molar-refractivity contribution < 1.29 is 4.79 Å². The fourth-order valence-corrected chi connectivity index (χ4v) is 2.23. The van der Waals surface area contributed by atoms with Crippen LogP contribution in [0.1, 0.15) is 18.5 Å². The molecule has 0 heterocycles. The van der Waals surface area contributed by atoms with Crippen LogP contribution >= 0.6 is 0 Å². The molecule has 2 aromatic rings. The average molecular weight is 239 g/mol. The Morgan fingerprint density at radius 2 is 1.94 bits per heavy atom. The summed E-state index contributed by atoms with van der Waals surface area (Å²) in [5.74, 6) is 0. The van der Waals surface area contributed by atoms with Crippen molar-refractivity contribution in [3.8, 4) is 0 Å². The van der Waals surface area contributed by atoms with Gasteiger partial charge < -0.3 is 4.90 Å². The van der Waals surface area contributed by atoms with Gasteiger partial charge in [-0.05, 0) is 23.3 Å². The standard InChI is InChI=1S/C16H17NO/c1-3-11-17(12-18)13(2)15-10-6-8-14-7-4-5-9-16(14)15/h3-10,12-13H,1,11H2,2H3/t13-/m1/s1. The molecule has 0 saturated heterocycles. The van der Waals surface area contributed by atoms with E-state index in [2.05, 4.69) is 30.8 Å². The second-order valence-corrected chi connectivity index (χ2v) is 4.34. The lowest BCUT2D eigenvalue weighted by molar-refractivity contribution is -0.119. The summed E-state index contributed by atoms with van der Waals surface area (Å²) >= 11 is 0. The van der Waals surface area contributed by atoms with Gasteiger partial charge in [0.2, 0.25) is 6.41 Å². The summed E-state index contributed by atoms with van der Waals surface area (Å²) in [6, 6.07) is 14.5. The van der Waals surface area contributed by atoms with E-state index in [1.165, 1.54) is 16.3 Å². The normalized spacial score (nSPS) is 12.1. The lowest BCUT2D eigenvalue weighted by Crippen LogP contribution is -2.25. The van der Waals surface area contributed by atoms with Gasteiger partial charge in [-0.3, -0.25) is 4.79 Å². The molecule has 0 bridgehead atoms. The summed E-state index contributed by atoms with van der Waals surface area (Å²) in [5.41, 5.74) is 1.17. The number of hydrogen-bond acceptors (Lipinski definition) is 1. The van der Waals surface area contributed by atoms with Gasteiger partial charge in [-0.2, -0.15) is 0 Å². The van der Waals surface area contributed by atoms with Crippen molar-refractivity contribution in [1.82, 2.24) is 4.90 Å². The SMILES string of the molecule is C=CCN(C=O)[C@H](C)c1cccc2ccccc12. The van der Waals surface area contributed by atoms with Gasteiger partial charge in [0, 0.05) is 6.54 Å². The van der Waals surface area contributed by atoms with Gasteiger partial charge in [-0.25, -0.2) is 0 Å². The molecule has 0 radical (unpaired) electrons. The van der Waals surface area contributed by atoms with Gasteiger partial charge >= 0.3 is 0 Å². The summed E-state index contributed by atoms with van der Waals surface area (Å²) in [5, 5.41) is 2.40. The molecule has 0 unspecified atom stereocenters. The molecule has 0 aliphatic heterocycles. The lowest BCUT2D eigenvalue weighted by atomic mass is 9.99. The zero-order valence-electron chi connectivity index (χ0n) is 10.5. The third-order valence-corrected chi connectivity index (χ3v) is 3.25. The highest BCUT2D eigenvalue weighted by molar-refractivity contribution is 5.86. The van der Waals surface area contributed by atoms with Crippen molar-refractivity contribution in [3.63, 3.8) is 0 Å². The molecule has 0 fully saturated rings. The predicted molar refractivity (Wildman–Crippen MR) is 75.3 cm³/mol. The Morgan fingerprint density at radius 1 is 1.22 bits per heavy atom. The Morgan fingerprint density at radius 3 is 2.67 bits per heavy atom. The molecule has 0 aromatic heterocycles. The summed E-state index contributed by atoms with van der Waals surface area (Å²) < 4.78 is 0. The smallest absolute Gasteiger partial charge is 0.210 e. The van der Waals surface area contributed by atoms with Crippen LogP contribution in [0.15, 0.2) is 55.1 Å². The highest BCUT2D eigenvalue weighted by Crippen LogP contribution is 2.27. The minimum Gasteiger partial charge on any atom is -0.335 e. The van der Waals surface area contributed by atoms with Gasteiger partial charge in [0.1, 0.15) is 0 Å². The number of nitrogens with zero attached hydrogens (tertiary/aromatic N) is 1. The van der Waals surface area contributed by atoms with Crippen LogP contribution in [0.5, 0.6) is 0 Å². The van der Waals surface area contributed by atoms with E-state index < -0.39 is 0 Å². The van der Waals surface area contributed by atoms with Gasteiger partial charge in [0.25, 0.3) is 0 Å². The van der Waals surface area contributed by atoms with E-state index in [-0.39, 0.29) is 6.04 Å². The number of hydrogen-bond donors (Lipinski definition) is 0.